The topological polar surface area (TPSA) is 16.1 Å². The summed E-state index contributed by atoms with van der Waals surface area (Å²) in [4.78, 5) is 6.75. The van der Waals surface area contributed by atoms with Crippen molar-refractivity contribution in [3.05, 3.63) is 170 Å². The van der Waals surface area contributed by atoms with E-state index in [0.29, 0.717) is 0 Å². The van der Waals surface area contributed by atoms with E-state index < -0.39 is 0 Å². The molecule has 0 aliphatic carbocycles. The normalized spacial score (nSPS) is 11.7. The highest BCUT2D eigenvalue weighted by Gasteiger charge is 2.19. The quantitative estimate of drug-likeness (QED) is 0.183. The molecule has 0 fully saturated rings. The van der Waals surface area contributed by atoms with Gasteiger partial charge < -0.3 is 4.90 Å². The maximum Gasteiger partial charge on any atom is 0.0640 e. The van der Waals surface area contributed by atoms with Gasteiger partial charge >= 0.3 is 0 Å². The summed E-state index contributed by atoms with van der Waals surface area (Å²) >= 11 is 3.67. The Kier molecular flexibility index (Phi) is 6.57. The van der Waals surface area contributed by atoms with Gasteiger partial charge in [0.2, 0.25) is 0 Å². The maximum atomic E-state index is 4.33. The number of fused-ring (bicyclic) bond motifs is 7. The molecule has 0 N–H and O–H groups in total. The van der Waals surface area contributed by atoms with E-state index in [9.17, 15) is 0 Å². The smallest absolute Gasteiger partial charge is 0.0640 e. The van der Waals surface area contributed by atoms with Gasteiger partial charge in [0.1, 0.15) is 0 Å². The van der Waals surface area contributed by atoms with Gasteiger partial charge in [-0.2, -0.15) is 0 Å². The van der Waals surface area contributed by atoms with Crippen molar-refractivity contribution in [2.45, 2.75) is 0 Å². The van der Waals surface area contributed by atoms with Crippen molar-refractivity contribution in [1.82, 2.24) is 4.98 Å². The molecule has 0 atom stereocenters. The lowest BCUT2D eigenvalue weighted by Crippen LogP contribution is -2.10. The van der Waals surface area contributed by atoms with Crippen molar-refractivity contribution in [3.8, 4) is 22.3 Å². The summed E-state index contributed by atoms with van der Waals surface area (Å²) < 4.78 is 5.10. The second kappa shape index (κ2) is 11.4. The summed E-state index contributed by atoms with van der Waals surface area (Å²) in [6, 6.07) is 57.6. The molecule has 3 aromatic heterocycles. The first-order valence-electron chi connectivity index (χ1n) is 16.4. The van der Waals surface area contributed by atoms with Gasteiger partial charge in [0.15, 0.2) is 0 Å². The first-order valence-corrected chi connectivity index (χ1v) is 18.1. The molecule has 230 valence electrons. The fraction of sp³-hybridized carbons (Fsp3) is 0. The first-order chi connectivity index (χ1) is 24.3. The Balaban J connectivity index is 1.10. The van der Waals surface area contributed by atoms with E-state index in [1.165, 1.54) is 79.1 Å². The van der Waals surface area contributed by atoms with Crippen LogP contribution in [0.2, 0.25) is 0 Å². The summed E-state index contributed by atoms with van der Waals surface area (Å²) in [5.74, 6) is 0. The van der Waals surface area contributed by atoms with Crippen LogP contribution in [-0.4, -0.2) is 4.98 Å². The fourth-order valence-corrected chi connectivity index (χ4v) is 9.54. The lowest BCUT2D eigenvalue weighted by Gasteiger charge is -2.26. The maximum absolute atomic E-state index is 4.33. The number of rotatable bonds is 5. The molecule has 0 saturated carbocycles. The highest BCUT2D eigenvalue weighted by molar-refractivity contribution is 7.26. The third kappa shape index (κ3) is 4.72. The lowest BCUT2D eigenvalue weighted by molar-refractivity contribution is 1.30. The van der Waals surface area contributed by atoms with Gasteiger partial charge in [0.25, 0.3) is 0 Å². The van der Waals surface area contributed by atoms with E-state index in [1.54, 1.807) is 11.3 Å². The number of thiophene rings is 2. The molecule has 0 radical (unpaired) electrons. The van der Waals surface area contributed by atoms with Crippen LogP contribution in [0.5, 0.6) is 0 Å². The van der Waals surface area contributed by atoms with Crippen molar-refractivity contribution in [2.75, 3.05) is 4.90 Å². The Morgan fingerprint density at radius 3 is 1.94 bits per heavy atom. The number of hydrogen-bond donors (Lipinski definition) is 0. The van der Waals surface area contributed by atoms with Gasteiger partial charge in [-0.25, -0.2) is 0 Å². The second-order valence-electron chi connectivity index (χ2n) is 12.4. The van der Waals surface area contributed by atoms with Crippen LogP contribution in [0, 0.1) is 0 Å². The Morgan fingerprint density at radius 1 is 0.429 bits per heavy atom. The number of anilines is 3. The summed E-state index contributed by atoms with van der Waals surface area (Å²) in [5, 5.41) is 7.68. The Morgan fingerprint density at radius 2 is 1.08 bits per heavy atom. The number of hydrogen-bond acceptors (Lipinski definition) is 4. The van der Waals surface area contributed by atoms with E-state index in [2.05, 4.69) is 168 Å². The molecule has 0 saturated heterocycles. The van der Waals surface area contributed by atoms with E-state index in [4.69, 9.17) is 0 Å². The van der Waals surface area contributed by atoms with Gasteiger partial charge in [-0.3, -0.25) is 4.98 Å². The zero-order valence-corrected chi connectivity index (χ0v) is 28.0. The van der Waals surface area contributed by atoms with Crippen LogP contribution in [0.15, 0.2) is 170 Å². The predicted octanol–water partition coefficient (Wildman–Crippen LogP) is 13.8. The molecule has 2 nitrogen and oxygen atoms in total. The van der Waals surface area contributed by atoms with E-state index in [-0.39, 0.29) is 0 Å². The second-order valence-corrected chi connectivity index (χ2v) is 14.5. The van der Waals surface area contributed by atoms with Crippen LogP contribution in [0.1, 0.15) is 0 Å². The van der Waals surface area contributed by atoms with Crippen LogP contribution < -0.4 is 4.90 Å². The average Bonchev–Trinajstić information content (AvgIpc) is 3.74. The fourth-order valence-electron chi connectivity index (χ4n) is 7.22. The lowest BCUT2D eigenvalue weighted by atomic mass is 9.98. The van der Waals surface area contributed by atoms with Crippen LogP contribution in [0.4, 0.5) is 17.1 Å². The van der Waals surface area contributed by atoms with Gasteiger partial charge in [-0.15, -0.1) is 22.7 Å². The predicted molar refractivity (Wildman–Crippen MR) is 213 cm³/mol. The summed E-state index contributed by atoms with van der Waals surface area (Å²) in [7, 11) is 0. The number of aromatic nitrogens is 1. The van der Waals surface area contributed by atoms with Crippen LogP contribution in [0.25, 0.3) is 73.4 Å². The minimum absolute atomic E-state index is 1.13. The third-order valence-corrected chi connectivity index (χ3v) is 11.9. The monoisotopic (exact) mass is 660 g/mol. The average molecular weight is 661 g/mol. The van der Waals surface area contributed by atoms with Gasteiger partial charge in [0.05, 0.1) is 15.1 Å². The van der Waals surface area contributed by atoms with Crippen molar-refractivity contribution in [2.24, 2.45) is 0 Å². The largest absolute Gasteiger partial charge is 0.309 e. The molecule has 0 aliphatic rings. The number of pyridine rings is 1. The summed E-state index contributed by atoms with van der Waals surface area (Å²) in [6.45, 7) is 0. The molecule has 10 aromatic rings. The standard InChI is InChI=1S/C45H28N2S2/c1-2-9-35-30(7-1)8-5-11-36(35)31-17-22-34(23-18-31)47(41-13-6-12-40-37-10-3-4-14-42(37)49-45(40)41)33-20-15-29(16-21-33)32-19-24-38-39-25-26-46-28-44(39)48-43(38)27-32/h1-28H. The van der Waals surface area contributed by atoms with Crippen LogP contribution in [0.3, 0.4) is 0 Å². The molecule has 3 heterocycles. The molecule has 0 aliphatic heterocycles. The molecule has 0 bridgehead atoms. The molecule has 0 unspecified atom stereocenters. The Labute approximate surface area is 291 Å². The molecule has 0 spiro atoms. The molecule has 49 heavy (non-hydrogen) atoms. The zero-order valence-electron chi connectivity index (χ0n) is 26.4. The zero-order chi connectivity index (χ0) is 32.3. The summed E-state index contributed by atoms with van der Waals surface area (Å²) in [5.41, 5.74) is 8.32. The van der Waals surface area contributed by atoms with Crippen molar-refractivity contribution in [3.63, 3.8) is 0 Å². The van der Waals surface area contributed by atoms with E-state index in [1.807, 2.05) is 23.7 Å². The van der Waals surface area contributed by atoms with Gasteiger partial charge in [0, 0.05) is 54.7 Å². The molecule has 4 heteroatoms. The molecular formula is C45H28N2S2. The number of benzene rings is 7. The van der Waals surface area contributed by atoms with E-state index in [0.717, 1.165) is 11.4 Å². The van der Waals surface area contributed by atoms with Gasteiger partial charge in [-0.1, -0.05) is 109 Å². The van der Waals surface area contributed by atoms with Crippen molar-refractivity contribution in [1.29, 1.82) is 0 Å². The minimum atomic E-state index is 1.13. The number of nitrogens with zero attached hydrogens (tertiary/aromatic N) is 2. The van der Waals surface area contributed by atoms with Crippen molar-refractivity contribution < 1.29 is 0 Å². The first kappa shape index (κ1) is 28.2. The molecule has 0 amide bonds. The molecule has 10 rings (SSSR count). The highest BCUT2D eigenvalue weighted by atomic mass is 32.1. The van der Waals surface area contributed by atoms with E-state index >= 15 is 0 Å². The van der Waals surface area contributed by atoms with Crippen LogP contribution in [-0.2, 0) is 0 Å². The third-order valence-electron chi connectivity index (χ3n) is 9.59. The van der Waals surface area contributed by atoms with Gasteiger partial charge in [-0.05, 0) is 81.6 Å². The molecular weight excluding hydrogens is 633 g/mol. The Hall–Kier alpha value is -5.81. The molecule has 7 aromatic carbocycles. The minimum Gasteiger partial charge on any atom is -0.309 e. The van der Waals surface area contributed by atoms with Crippen LogP contribution >= 0.6 is 22.7 Å². The summed E-state index contributed by atoms with van der Waals surface area (Å²) in [6.07, 6.45) is 3.85. The Bertz CT molecular complexity index is 2820. The van der Waals surface area contributed by atoms with Crippen molar-refractivity contribution >= 4 is 90.9 Å². The highest BCUT2D eigenvalue weighted by Crippen LogP contribution is 2.45. The SMILES string of the molecule is c1ccc2c(-c3ccc(N(c4ccc(-c5ccc6c(c5)sc5cnccc56)cc4)c4cccc5c4sc4ccccc45)cc3)cccc2c1.